The van der Waals surface area contributed by atoms with Crippen LogP contribution in [-0.2, 0) is 0 Å². The molecule has 0 bridgehead atoms. The summed E-state index contributed by atoms with van der Waals surface area (Å²) in [6, 6.07) is 8.08. The minimum atomic E-state index is -0.106. The normalized spacial score (nSPS) is 17.7. The molecule has 22 heavy (non-hydrogen) atoms. The van der Waals surface area contributed by atoms with Gasteiger partial charge in [-0.15, -0.1) is 5.10 Å². The van der Waals surface area contributed by atoms with Gasteiger partial charge in [0.2, 0.25) is 0 Å². The Kier molecular flexibility index (Phi) is 3.48. The summed E-state index contributed by atoms with van der Waals surface area (Å²) in [6.07, 6.45) is 6.66. The quantitative estimate of drug-likeness (QED) is 0.891. The van der Waals surface area contributed by atoms with Gasteiger partial charge < -0.3 is 5.32 Å². The van der Waals surface area contributed by atoms with Crippen molar-refractivity contribution in [1.82, 2.24) is 20.3 Å². The average molecular weight is 361 g/mol. The van der Waals surface area contributed by atoms with Crippen LogP contribution < -0.4 is 5.32 Å². The third-order valence-corrected chi connectivity index (χ3v) is 4.85. The van der Waals surface area contributed by atoms with Crippen LogP contribution in [0.5, 0.6) is 0 Å². The predicted octanol–water partition coefficient (Wildman–Crippen LogP) is 2.95. The Hall–Kier alpha value is -1.69. The van der Waals surface area contributed by atoms with E-state index in [1.54, 1.807) is 10.9 Å². The zero-order valence-corrected chi connectivity index (χ0v) is 13.7. The maximum Gasteiger partial charge on any atom is 0.273 e. The molecule has 2 aliphatic carbocycles. The maximum atomic E-state index is 12.4. The largest absolute Gasteiger partial charge is 0.347 e. The van der Waals surface area contributed by atoms with E-state index in [0.717, 1.165) is 10.2 Å². The number of hydrogen-bond acceptors (Lipinski definition) is 3. The molecule has 1 N–H and O–H groups in total. The first-order valence-corrected chi connectivity index (χ1v) is 8.49. The molecule has 0 aliphatic heterocycles. The van der Waals surface area contributed by atoms with Crippen molar-refractivity contribution in [1.29, 1.82) is 0 Å². The highest BCUT2D eigenvalue weighted by Crippen LogP contribution is 2.44. The predicted molar refractivity (Wildman–Crippen MR) is 85.8 cm³/mol. The van der Waals surface area contributed by atoms with Crippen molar-refractivity contribution in [3.8, 4) is 5.69 Å². The summed E-state index contributed by atoms with van der Waals surface area (Å²) in [6.45, 7) is 0. The second-order valence-electron chi connectivity index (χ2n) is 6.20. The SMILES string of the molecule is O=C(NC(C1CC1)C1CC1)c1cn(-c2cccc(Br)c2)nn1. The Bertz CT molecular complexity index is 694. The van der Waals surface area contributed by atoms with E-state index in [1.165, 1.54) is 25.7 Å². The minimum Gasteiger partial charge on any atom is -0.347 e. The van der Waals surface area contributed by atoms with E-state index >= 15 is 0 Å². The number of halogens is 1. The standard InChI is InChI=1S/C16H17BrN4O/c17-12-2-1-3-13(8-12)21-9-14(19-20-21)16(22)18-15(10-4-5-10)11-6-7-11/h1-3,8-11,15H,4-7H2,(H,18,22). The van der Waals surface area contributed by atoms with E-state index in [9.17, 15) is 4.79 Å². The Morgan fingerprint density at radius 3 is 2.64 bits per heavy atom. The molecule has 114 valence electrons. The lowest BCUT2D eigenvalue weighted by Gasteiger charge is -2.16. The zero-order valence-electron chi connectivity index (χ0n) is 12.1. The molecule has 1 aromatic carbocycles. The van der Waals surface area contributed by atoms with Crippen LogP contribution in [0, 0.1) is 11.8 Å². The van der Waals surface area contributed by atoms with Gasteiger partial charge in [-0.1, -0.05) is 27.2 Å². The molecular formula is C16H17BrN4O. The van der Waals surface area contributed by atoms with Crippen LogP contribution in [-0.4, -0.2) is 26.9 Å². The number of amides is 1. The van der Waals surface area contributed by atoms with Crippen LogP contribution in [0.2, 0.25) is 0 Å². The molecule has 1 amide bonds. The highest BCUT2D eigenvalue weighted by Gasteiger charge is 2.42. The highest BCUT2D eigenvalue weighted by molar-refractivity contribution is 9.10. The Morgan fingerprint density at radius 2 is 2.00 bits per heavy atom. The number of nitrogens with one attached hydrogen (secondary N) is 1. The van der Waals surface area contributed by atoms with E-state index in [0.29, 0.717) is 23.6 Å². The van der Waals surface area contributed by atoms with E-state index in [1.807, 2.05) is 24.3 Å². The van der Waals surface area contributed by atoms with Gasteiger partial charge in [-0.2, -0.15) is 0 Å². The molecule has 1 heterocycles. The number of hydrogen-bond donors (Lipinski definition) is 1. The van der Waals surface area contributed by atoms with Gasteiger partial charge in [0.1, 0.15) is 0 Å². The zero-order chi connectivity index (χ0) is 15.1. The van der Waals surface area contributed by atoms with Crippen molar-refractivity contribution < 1.29 is 4.79 Å². The molecule has 4 rings (SSSR count). The van der Waals surface area contributed by atoms with Crippen LogP contribution >= 0.6 is 15.9 Å². The van der Waals surface area contributed by atoms with Crippen LogP contribution in [0.4, 0.5) is 0 Å². The molecule has 0 atom stereocenters. The van der Waals surface area contributed by atoms with Crippen LogP contribution in [0.15, 0.2) is 34.9 Å². The van der Waals surface area contributed by atoms with Gasteiger partial charge in [0.15, 0.2) is 5.69 Å². The number of nitrogens with zero attached hydrogens (tertiary/aromatic N) is 3. The number of benzene rings is 1. The number of carbonyl (C=O) groups excluding carboxylic acids is 1. The van der Waals surface area contributed by atoms with Crippen molar-refractivity contribution in [3.05, 3.63) is 40.6 Å². The Balaban J connectivity index is 1.49. The molecule has 2 aliphatic rings. The van der Waals surface area contributed by atoms with Crippen molar-refractivity contribution in [2.45, 2.75) is 31.7 Å². The fourth-order valence-corrected chi connectivity index (χ4v) is 3.26. The van der Waals surface area contributed by atoms with Gasteiger partial charge in [-0.05, 0) is 55.7 Å². The lowest BCUT2D eigenvalue weighted by Crippen LogP contribution is -2.38. The maximum absolute atomic E-state index is 12.4. The van der Waals surface area contributed by atoms with Gasteiger partial charge in [0, 0.05) is 10.5 Å². The fourth-order valence-electron chi connectivity index (χ4n) is 2.87. The van der Waals surface area contributed by atoms with E-state index in [4.69, 9.17) is 0 Å². The molecule has 2 aromatic rings. The summed E-state index contributed by atoms with van der Waals surface area (Å²) in [5.41, 5.74) is 1.26. The van der Waals surface area contributed by atoms with Crippen LogP contribution in [0.3, 0.4) is 0 Å². The lowest BCUT2D eigenvalue weighted by atomic mass is 10.1. The first kappa shape index (κ1) is 13.9. The van der Waals surface area contributed by atoms with Gasteiger partial charge in [-0.25, -0.2) is 4.68 Å². The Labute approximate surface area is 137 Å². The van der Waals surface area contributed by atoms with Gasteiger partial charge in [0.25, 0.3) is 5.91 Å². The fraction of sp³-hybridized carbons (Fsp3) is 0.438. The summed E-state index contributed by atoms with van der Waals surface area (Å²) in [4.78, 5) is 12.4. The molecule has 0 saturated heterocycles. The number of rotatable bonds is 5. The molecule has 0 unspecified atom stereocenters. The van der Waals surface area contributed by atoms with Crippen molar-refractivity contribution >= 4 is 21.8 Å². The second kappa shape index (κ2) is 5.50. The van der Waals surface area contributed by atoms with Crippen molar-refractivity contribution in [2.75, 3.05) is 0 Å². The van der Waals surface area contributed by atoms with Crippen LogP contribution in [0.1, 0.15) is 36.2 Å². The number of aromatic nitrogens is 3. The minimum absolute atomic E-state index is 0.106. The first-order chi connectivity index (χ1) is 10.7. The summed E-state index contributed by atoms with van der Waals surface area (Å²) in [5.74, 6) is 1.25. The molecule has 2 fully saturated rings. The van der Waals surface area contributed by atoms with E-state index in [2.05, 4.69) is 31.6 Å². The van der Waals surface area contributed by atoms with Crippen molar-refractivity contribution in [2.24, 2.45) is 11.8 Å². The van der Waals surface area contributed by atoms with Crippen molar-refractivity contribution in [3.63, 3.8) is 0 Å². The van der Waals surface area contributed by atoms with E-state index < -0.39 is 0 Å². The molecule has 0 spiro atoms. The third kappa shape index (κ3) is 2.92. The van der Waals surface area contributed by atoms with Gasteiger partial charge >= 0.3 is 0 Å². The molecule has 1 aromatic heterocycles. The first-order valence-electron chi connectivity index (χ1n) is 7.70. The topological polar surface area (TPSA) is 59.8 Å². The van der Waals surface area contributed by atoms with Gasteiger partial charge in [0.05, 0.1) is 11.9 Å². The molecule has 2 saturated carbocycles. The van der Waals surface area contributed by atoms with Crippen LogP contribution in [0.25, 0.3) is 5.69 Å². The third-order valence-electron chi connectivity index (χ3n) is 4.36. The average Bonchev–Trinajstić information content (AvgIpc) is 3.43. The lowest BCUT2D eigenvalue weighted by molar-refractivity contribution is 0.0921. The molecule has 5 nitrogen and oxygen atoms in total. The van der Waals surface area contributed by atoms with E-state index in [-0.39, 0.29) is 5.91 Å². The second-order valence-corrected chi connectivity index (χ2v) is 7.12. The monoisotopic (exact) mass is 360 g/mol. The molecule has 0 radical (unpaired) electrons. The summed E-state index contributed by atoms with van der Waals surface area (Å²) in [7, 11) is 0. The van der Waals surface area contributed by atoms with Gasteiger partial charge in [-0.3, -0.25) is 4.79 Å². The Morgan fingerprint density at radius 1 is 1.27 bits per heavy atom. The summed E-state index contributed by atoms with van der Waals surface area (Å²) in [5, 5.41) is 11.3. The number of carbonyl (C=O) groups is 1. The molecular weight excluding hydrogens is 344 g/mol. The smallest absolute Gasteiger partial charge is 0.273 e. The highest BCUT2D eigenvalue weighted by atomic mass is 79.9. The summed E-state index contributed by atoms with van der Waals surface area (Å²) >= 11 is 3.43. The summed E-state index contributed by atoms with van der Waals surface area (Å²) < 4.78 is 2.59. The molecule has 6 heteroatoms.